The Morgan fingerprint density at radius 2 is 2.35 bits per heavy atom. The van der Waals surface area contributed by atoms with Crippen LogP contribution in [0.3, 0.4) is 0 Å². The fraction of sp³-hybridized carbons (Fsp3) is 0.500. The molecule has 1 aromatic rings. The van der Waals surface area contributed by atoms with E-state index in [0.29, 0.717) is 17.4 Å². The van der Waals surface area contributed by atoms with Crippen LogP contribution in [0.1, 0.15) is 25.3 Å². The molecule has 0 radical (unpaired) electrons. The first-order chi connectivity index (χ1) is 8.15. The third kappa shape index (κ3) is 3.47. The predicted molar refractivity (Wildman–Crippen MR) is 70.1 cm³/mol. The maximum atomic E-state index is 12.1. The Morgan fingerprint density at radius 3 is 3.06 bits per heavy atom. The Kier molecular flexibility index (Phi) is 4.06. The highest BCUT2D eigenvalue weighted by molar-refractivity contribution is 6.30. The molecule has 1 amide bonds. The molecule has 92 valence electrons. The minimum Gasteiger partial charge on any atom is -0.342 e. The van der Waals surface area contributed by atoms with Crippen LogP contribution in [-0.4, -0.2) is 23.9 Å². The van der Waals surface area contributed by atoms with Crippen LogP contribution in [0.15, 0.2) is 24.3 Å². The number of amides is 1. The van der Waals surface area contributed by atoms with Crippen LogP contribution in [0, 0.1) is 5.92 Å². The van der Waals surface area contributed by atoms with Crippen molar-refractivity contribution in [1.29, 1.82) is 0 Å². The number of halogens is 1. The van der Waals surface area contributed by atoms with E-state index in [2.05, 4.69) is 6.92 Å². The number of carbonyl (C=O) groups excluding carboxylic acids is 1. The van der Waals surface area contributed by atoms with Gasteiger partial charge in [-0.05, 0) is 36.5 Å². The zero-order chi connectivity index (χ0) is 12.3. The van der Waals surface area contributed by atoms with E-state index in [4.69, 9.17) is 11.6 Å². The minimum absolute atomic E-state index is 0.221. The summed E-state index contributed by atoms with van der Waals surface area (Å²) >= 11 is 5.91. The molecule has 3 heteroatoms. The van der Waals surface area contributed by atoms with Gasteiger partial charge in [0.05, 0.1) is 6.42 Å². The molecule has 0 N–H and O–H groups in total. The van der Waals surface area contributed by atoms with Gasteiger partial charge in [-0.1, -0.05) is 30.7 Å². The third-order valence-corrected chi connectivity index (χ3v) is 3.49. The molecule has 1 saturated heterocycles. The van der Waals surface area contributed by atoms with Crippen LogP contribution in [0.25, 0.3) is 0 Å². The second kappa shape index (κ2) is 5.54. The maximum Gasteiger partial charge on any atom is 0.226 e. The van der Waals surface area contributed by atoms with Crippen molar-refractivity contribution in [1.82, 2.24) is 4.90 Å². The Morgan fingerprint density at radius 1 is 1.53 bits per heavy atom. The number of benzene rings is 1. The Labute approximate surface area is 108 Å². The quantitative estimate of drug-likeness (QED) is 0.791. The number of hydrogen-bond donors (Lipinski definition) is 0. The highest BCUT2D eigenvalue weighted by Crippen LogP contribution is 2.17. The predicted octanol–water partition coefficient (Wildman–Crippen LogP) is 3.14. The summed E-state index contributed by atoms with van der Waals surface area (Å²) in [7, 11) is 0. The van der Waals surface area contributed by atoms with Gasteiger partial charge in [0.15, 0.2) is 0 Å². The van der Waals surface area contributed by atoms with E-state index >= 15 is 0 Å². The number of hydrogen-bond acceptors (Lipinski definition) is 1. The molecule has 1 aliphatic heterocycles. The lowest BCUT2D eigenvalue weighted by Crippen LogP contribution is -2.39. The number of piperidine rings is 1. The highest BCUT2D eigenvalue weighted by atomic mass is 35.5. The standard InChI is InChI=1S/C14H18ClNO/c1-11-4-3-7-16(10-11)14(17)9-12-5-2-6-13(15)8-12/h2,5-6,8,11H,3-4,7,9-10H2,1H3/t11-/m1/s1. The van der Waals surface area contributed by atoms with Crippen LogP contribution in [-0.2, 0) is 11.2 Å². The fourth-order valence-corrected chi connectivity index (χ4v) is 2.56. The van der Waals surface area contributed by atoms with Gasteiger partial charge in [-0.25, -0.2) is 0 Å². The average molecular weight is 252 g/mol. The second-order valence-electron chi connectivity index (χ2n) is 4.89. The van der Waals surface area contributed by atoms with E-state index in [-0.39, 0.29) is 5.91 Å². The lowest BCUT2D eigenvalue weighted by atomic mass is 9.99. The zero-order valence-electron chi connectivity index (χ0n) is 10.2. The first-order valence-electron chi connectivity index (χ1n) is 6.17. The summed E-state index contributed by atoms with van der Waals surface area (Å²) in [5.74, 6) is 0.853. The van der Waals surface area contributed by atoms with Gasteiger partial charge in [0.25, 0.3) is 0 Å². The van der Waals surface area contributed by atoms with Crippen molar-refractivity contribution in [2.45, 2.75) is 26.2 Å². The molecule has 1 heterocycles. The number of rotatable bonds is 2. The molecule has 0 saturated carbocycles. The normalized spacial score (nSPS) is 20.4. The number of nitrogens with zero attached hydrogens (tertiary/aromatic N) is 1. The van der Waals surface area contributed by atoms with E-state index in [1.807, 2.05) is 29.2 Å². The van der Waals surface area contributed by atoms with Crippen molar-refractivity contribution >= 4 is 17.5 Å². The van der Waals surface area contributed by atoms with E-state index < -0.39 is 0 Å². The van der Waals surface area contributed by atoms with Crippen molar-refractivity contribution in [3.63, 3.8) is 0 Å². The Hall–Kier alpha value is -1.02. The molecule has 2 rings (SSSR count). The van der Waals surface area contributed by atoms with Gasteiger partial charge in [-0.3, -0.25) is 4.79 Å². The molecule has 0 aliphatic carbocycles. The summed E-state index contributed by atoms with van der Waals surface area (Å²) in [4.78, 5) is 14.1. The molecule has 1 aromatic carbocycles. The van der Waals surface area contributed by atoms with Gasteiger partial charge in [-0.2, -0.15) is 0 Å². The lowest BCUT2D eigenvalue weighted by Gasteiger charge is -2.31. The summed E-state index contributed by atoms with van der Waals surface area (Å²) in [5.41, 5.74) is 1.00. The minimum atomic E-state index is 0.221. The van der Waals surface area contributed by atoms with Gasteiger partial charge in [0, 0.05) is 18.1 Å². The highest BCUT2D eigenvalue weighted by Gasteiger charge is 2.20. The molecule has 1 atom stereocenters. The fourth-order valence-electron chi connectivity index (χ4n) is 2.35. The molecular weight excluding hydrogens is 234 g/mol. The van der Waals surface area contributed by atoms with Crippen LogP contribution in [0.5, 0.6) is 0 Å². The molecule has 2 nitrogen and oxygen atoms in total. The van der Waals surface area contributed by atoms with E-state index in [9.17, 15) is 4.79 Å². The number of likely N-dealkylation sites (tertiary alicyclic amines) is 1. The zero-order valence-corrected chi connectivity index (χ0v) is 10.9. The molecule has 1 aliphatic rings. The monoisotopic (exact) mass is 251 g/mol. The smallest absolute Gasteiger partial charge is 0.226 e. The van der Waals surface area contributed by atoms with Crippen molar-refractivity contribution in [3.8, 4) is 0 Å². The Balaban J connectivity index is 1.96. The topological polar surface area (TPSA) is 20.3 Å². The molecule has 0 aromatic heterocycles. The van der Waals surface area contributed by atoms with Crippen LogP contribution in [0.4, 0.5) is 0 Å². The third-order valence-electron chi connectivity index (χ3n) is 3.25. The maximum absolute atomic E-state index is 12.1. The SMILES string of the molecule is C[C@@H]1CCCN(C(=O)Cc2cccc(Cl)c2)C1. The summed E-state index contributed by atoms with van der Waals surface area (Å²) in [5, 5.41) is 0.697. The van der Waals surface area contributed by atoms with Crippen LogP contribution >= 0.6 is 11.6 Å². The summed E-state index contributed by atoms with van der Waals surface area (Å²) in [6.45, 7) is 4.02. The molecule has 0 spiro atoms. The first kappa shape index (κ1) is 12.4. The molecule has 0 bridgehead atoms. The van der Waals surface area contributed by atoms with E-state index in [1.54, 1.807) is 0 Å². The van der Waals surface area contributed by atoms with Crippen LogP contribution in [0.2, 0.25) is 5.02 Å². The molecule has 1 fully saturated rings. The van der Waals surface area contributed by atoms with Crippen molar-refractivity contribution < 1.29 is 4.79 Å². The van der Waals surface area contributed by atoms with Crippen molar-refractivity contribution in [3.05, 3.63) is 34.9 Å². The summed E-state index contributed by atoms with van der Waals surface area (Å²) in [6, 6.07) is 7.55. The van der Waals surface area contributed by atoms with E-state index in [0.717, 1.165) is 25.1 Å². The van der Waals surface area contributed by atoms with E-state index in [1.165, 1.54) is 6.42 Å². The Bertz CT molecular complexity index is 405. The second-order valence-corrected chi connectivity index (χ2v) is 5.33. The van der Waals surface area contributed by atoms with Gasteiger partial charge < -0.3 is 4.90 Å². The van der Waals surface area contributed by atoms with Gasteiger partial charge in [0.2, 0.25) is 5.91 Å². The first-order valence-corrected chi connectivity index (χ1v) is 6.55. The van der Waals surface area contributed by atoms with Gasteiger partial charge in [0.1, 0.15) is 0 Å². The summed E-state index contributed by atoms with van der Waals surface area (Å²) < 4.78 is 0. The van der Waals surface area contributed by atoms with Gasteiger partial charge in [-0.15, -0.1) is 0 Å². The lowest BCUT2D eigenvalue weighted by molar-refractivity contribution is -0.132. The van der Waals surface area contributed by atoms with Crippen LogP contribution < -0.4 is 0 Å². The summed E-state index contributed by atoms with van der Waals surface area (Å²) in [6.07, 6.45) is 2.83. The van der Waals surface area contributed by atoms with Gasteiger partial charge >= 0.3 is 0 Å². The van der Waals surface area contributed by atoms with Crippen molar-refractivity contribution in [2.24, 2.45) is 5.92 Å². The average Bonchev–Trinajstić information content (AvgIpc) is 2.29. The number of carbonyl (C=O) groups is 1. The molecule has 0 unspecified atom stereocenters. The largest absolute Gasteiger partial charge is 0.342 e. The molecule has 17 heavy (non-hydrogen) atoms. The van der Waals surface area contributed by atoms with Crippen molar-refractivity contribution in [2.75, 3.05) is 13.1 Å². The molecular formula is C14H18ClNO.